The Kier molecular flexibility index (Phi) is 5.99. The zero-order valence-corrected chi connectivity index (χ0v) is 17.6. The quantitative estimate of drug-likeness (QED) is 0.296. The highest BCUT2D eigenvalue weighted by molar-refractivity contribution is 6.06. The minimum absolute atomic E-state index is 0.0471. The smallest absolute Gasteiger partial charge is 0.291 e. The lowest BCUT2D eigenvalue weighted by Crippen LogP contribution is -2.14. The number of nitro groups is 1. The summed E-state index contributed by atoms with van der Waals surface area (Å²) in [5, 5.41) is 16.5. The third-order valence-electron chi connectivity index (χ3n) is 4.94. The lowest BCUT2D eigenvalue weighted by molar-refractivity contribution is -0.384. The van der Waals surface area contributed by atoms with Gasteiger partial charge in [-0.1, -0.05) is 36.4 Å². The number of hydrogen-bond donors (Lipinski definition) is 2. The highest BCUT2D eigenvalue weighted by atomic mass is 16.6. The Morgan fingerprint density at radius 2 is 1.52 bits per heavy atom. The van der Waals surface area contributed by atoms with Gasteiger partial charge in [-0.15, -0.1) is 0 Å². The van der Waals surface area contributed by atoms with Gasteiger partial charge < -0.3 is 15.1 Å². The van der Waals surface area contributed by atoms with E-state index in [1.54, 1.807) is 54.6 Å². The van der Waals surface area contributed by atoms with Crippen LogP contribution in [-0.4, -0.2) is 16.7 Å². The lowest BCUT2D eigenvalue weighted by atomic mass is 10.1. The average molecular weight is 441 g/mol. The van der Waals surface area contributed by atoms with Crippen LogP contribution in [0.25, 0.3) is 11.3 Å². The summed E-state index contributed by atoms with van der Waals surface area (Å²) in [5.74, 6) is -0.354. The maximum atomic E-state index is 12.6. The molecule has 8 heteroatoms. The minimum atomic E-state index is -0.495. The molecule has 0 aliphatic carbocycles. The number of carbonyl (C=O) groups is 2. The van der Waals surface area contributed by atoms with Crippen molar-refractivity contribution in [2.24, 2.45) is 0 Å². The number of hydrogen-bond acceptors (Lipinski definition) is 5. The van der Waals surface area contributed by atoms with Crippen molar-refractivity contribution in [1.82, 2.24) is 0 Å². The molecule has 0 radical (unpaired) electrons. The summed E-state index contributed by atoms with van der Waals surface area (Å²) in [4.78, 5) is 35.7. The van der Waals surface area contributed by atoms with E-state index in [0.29, 0.717) is 28.3 Å². The van der Waals surface area contributed by atoms with Crippen molar-refractivity contribution >= 4 is 28.9 Å². The Hall–Kier alpha value is -4.72. The number of nitrogens with zero attached hydrogens (tertiary/aromatic N) is 1. The third kappa shape index (κ3) is 4.96. The van der Waals surface area contributed by atoms with Gasteiger partial charge in [0.15, 0.2) is 5.76 Å². The first-order valence-corrected chi connectivity index (χ1v) is 10.0. The first kappa shape index (κ1) is 21.5. The molecule has 0 atom stereocenters. The summed E-state index contributed by atoms with van der Waals surface area (Å²) >= 11 is 0. The van der Waals surface area contributed by atoms with Gasteiger partial charge in [0.05, 0.1) is 4.92 Å². The number of nitrogens with one attached hydrogen (secondary N) is 2. The summed E-state index contributed by atoms with van der Waals surface area (Å²) < 4.78 is 5.60. The zero-order chi connectivity index (χ0) is 23.4. The summed E-state index contributed by atoms with van der Waals surface area (Å²) in [7, 11) is 0. The van der Waals surface area contributed by atoms with Gasteiger partial charge in [-0.25, -0.2) is 0 Å². The van der Waals surface area contributed by atoms with Gasteiger partial charge in [-0.2, -0.15) is 0 Å². The second-order valence-corrected chi connectivity index (χ2v) is 7.28. The molecule has 0 bridgehead atoms. The van der Waals surface area contributed by atoms with E-state index in [9.17, 15) is 19.7 Å². The van der Waals surface area contributed by atoms with Crippen LogP contribution in [0, 0.1) is 17.0 Å². The normalized spacial score (nSPS) is 10.5. The number of anilines is 2. The third-order valence-corrected chi connectivity index (χ3v) is 4.94. The predicted octanol–water partition coefficient (Wildman–Crippen LogP) is 5.67. The molecule has 4 rings (SSSR count). The van der Waals surface area contributed by atoms with Crippen LogP contribution < -0.4 is 10.6 Å². The van der Waals surface area contributed by atoms with Crippen LogP contribution in [-0.2, 0) is 0 Å². The van der Waals surface area contributed by atoms with E-state index in [1.165, 1.54) is 18.2 Å². The lowest BCUT2D eigenvalue weighted by Gasteiger charge is -2.09. The van der Waals surface area contributed by atoms with E-state index < -0.39 is 10.8 Å². The van der Waals surface area contributed by atoms with Crippen LogP contribution >= 0.6 is 0 Å². The predicted molar refractivity (Wildman–Crippen MR) is 124 cm³/mol. The maximum Gasteiger partial charge on any atom is 0.291 e. The van der Waals surface area contributed by atoms with Crippen molar-refractivity contribution in [3.05, 3.63) is 112 Å². The summed E-state index contributed by atoms with van der Waals surface area (Å²) in [6.45, 7) is 1.86. The standard InChI is InChI=1S/C25H19N3O5/c1-16-6-2-3-11-21(16)24(29)26-18-8-5-9-19(15-18)27-25(30)23-13-12-22(33-23)17-7-4-10-20(14-17)28(31)32/h2-15H,1H3,(H,26,29)(H,27,30). The Labute approximate surface area is 189 Å². The number of amides is 2. The van der Waals surface area contributed by atoms with Gasteiger partial charge in [0.25, 0.3) is 17.5 Å². The van der Waals surface area contributed by atoms with Crippen LogP contribution in [0.15, 0.2) is 89.3 Å². The molecule has 0 saturated heterocycles. The second kappa shape index (κ2) is 9.19. The van der Waals surface area contributed by atoms with Crippen molar-refractivity contribution < 1.29 is 18.9 Å². The summed E-state index contributed by atoms with van der Waals surface area (Å²) in [6, 6.07) is 23.0. The van der Waals surface area contributed by atoms with Crippen LogP contribution in [0.5, 0.6) is 0 Å². The molecule has 8 nitrogen and oxygen atoms in total. The van der Waals surface area contributed by atoms with E-state index in [1.807, 2.05) is 19.1 Å². The molecule has 0 saturated carbocycles. The fourth-order valence-electron chi connectivity index (χ4n) is 3.28. The highest BCUT2D eigenvalue weighted by Gasteiger charge is 2.15. The molecule has 0 unspecified atom stereocenters. The van der Waals surface area contributed by atoms with E-state index >= 15 is 0 Å². The van der Waals surface area contributed by atoms with Crippen LogP contribution in [0.4, 0.5) is 17.1 Å². The molecule has 1 heterocycles. The topological polar surface area (TPSA) is 114 Å². The maximum absolute atomic E-state index is 12.6. The molecule has 33 heavy (non-hydrogen) atoms. The van der Waals surface area contributed by atoms with Crippen LogP contribution in [0.3, 0.4) is 0 Å². The monoisotopic (exact) mass is 441 g/mol. The van der Waals surface area contributed by atoms with E-state index in [2.05, 4.69) is 10.6 Å². The number of carbonyl (C=O) groups excluding carboxylic acids is 2. The molecule has 2 N–H and O–H groups in total. The van der Waals surface area contributed by atoms with Crippen molar-refractivity contribution in [3.8, 4) is 11.3 Å². The van der Waals surface area contributed by atoms with Crippen LogP contribution in [0.1, 0.15) is 26.5 Å². The largest absolute Gasteiger partial charge is 0.451 e. The van der Waals surface area contributed by atoms with E-state index in [-0.39, 0.29) is 17.4 Å². The Balaban J connectivity index is 1.46. The van der Waals surface area contributed by atoms with Gasteiger partial charge in [-0.3, -0.25) is 19.7 Å². The fourth-order valence-corrected chi connectivity index (χ4v) is 3.28. The molecule has 3 aromatic carbocycles. The Morgan fingerprint density at radius 1 is 0.818 bits per heavy atom. The number of rotatable bonds is 6. The number of non-ortho nitro benzene ring substituents is 1. The van der Waals surface area contributed by atoms with Crippen molar-refractivity contribution in [3.63, 3.8) is 0 Å². The molecule has 4 aromatic rings. The average Bonchev–Trinajstić information content (AvgIpc) is 3.30. The van der Waals surface area contributed by atoms with Crippen LogP contribution in [0.2, 0.25) is 0 Å². The first-order valence-electron chi connectivity index (χ1n) is 10.0. The minimum Gasteiger partial charge on any atom is -0.451 e. The zero-order valence-electron chi connectivity index (χ0n) is 17.6. The molecule has 0 spiro atoms. The molecule has 0 aliphatic rings. The molecule has 1 aromatic heterocycles. The fraction of sp³-hybridized carbons (Fsp3) is 0.0400. The van der Waals surface area contributed by atoms with Crippen molar-refractivity contribution in [2.45, 2.75) is 6.92 Å². The number of furan rings is 1. The van der Waals surface area contributed by atoms with E-state index in [4.69, 9.17) is 4.42 Å². The SMILES string of the molecule is Cc1ccccc1C(=O)Nc1cccc(NC(=O)c2ccc(-c3cccc([N+](=O)[O-])c3)o2)c1. The molecule has 0 aliphatic heterocycles. The first-order chi connectivity index (χ1) is 15.9. The summed E-state index contributed by atoms with van der Waals surface area (Å²) in [6.07, 6.45) is 0. The number of benzene rings is 3. The number of aryl methyl sites for hydroxylation is 1. The van der Waals surface area contributed by atoms with Crippen molar-refractivity contribution in [2.75, 3.05) is 10.6 Å². The van der Waals surface area contributed by atoms with Crippen molar-refractivity contribution in [1.29, 1.82) is 0 Å². The van der Waals surface area contributed by atoms with Gasteiger partial charge in [0, 0.05) is 34.6 Å². The van der Waals surface area contributed by atoms with Gasteiger partial charge in [-0.05, 0) is 48.9 Å². The van der Waals surface area contributed by atoms with E-state index in [0.717, 1.165) is 5.56 Å². The van der Waals surface area contributed by atoms with Gasteiger partial charge >= 0.3 is 0 Å². The Bertz CT molecular complexity index is 1360. The molecule has 164 valence electrons. The number of nitro benzene ring substituents is 1. The molecular formula is C25H19N3O5. The highest BCUT2D eigenvalue weighted by Crippen LogP contribution is 2.26. The molecule has 2 amide bonds. The summed E-state index contributed by atoms with van der Waals surface area (Å²) in [5.41, 5.74) is 2.84. The Morgan fingerprint density at radius 3 is 2.24 bits per heavy atom. The molecule has 0 fully saturated rings. The van der Waals surface area contributed by atoms with Gasteiger partial charge in [0.1, 0.15) is 5.76 Å². The molecular weight excluding hydrogens is 422 g/mol. The second-order valence-electron chi connectivity index (χ2n) is 7.28. The van der Waals surface area contributed by atoms with Gasteiger partial charge in [0.2, 0.25) is 0 Å².